The molecule has 0 saturated heterocycles. The van der Waals surface area contributed by atoms with Gasteiger partial charge in [-0.2, -0.15) is 0 Å². The van der Waals surface area contributed by atoms with Crippen molar-refractivity contribution in [2.75, 3.05) is 11.4 Å². The first-order valence-corrected chi connectivity index (χ1v) is 6.43. The van der Waals surface area contributed by atoms with Gasteiger partial charge in [-0.1, -0.05) is 25.4 Å². The molecule has 88 valence electrons. The molecule has 0 aromatic carbocycles. The Labute approximate surface area is 103 Å². The van der Waals surface area contributed by atoms with E-state index in [2.05, 4.69) is 29.8 Å². The Morgan fingerprint density at radius 1 is 1.50 bits per heavy atom. The van der Waals surface area contributed by atoms with E-state index in [1.165, 1.54) is 24.9 Å². The van der Waals surface area contributed by atoms with Gasteiger partial charge in [0.25, 0.3) is 0 Å². The van der Waals surface area contributed by atoms with Gasteiger partial charge in [-0.25, -0.2) is 4.98 Å². The van der Waals surface area contributed by atoms with E-state index in [1.807, 2.05) is 6.07 Å². The van der Waals surface area contributed by atoms with Gasteiger partial charge in [0.15, 0.2) is 0 Å². The number of anilines is 1. The monoisotopic (exact) mass is 238 g/mol. The molecule has 3 heteroatoms. The third-order valence-corrected chi connectivity index (χ3v) is 3.18. The lowest BCUT2D eigenvalue weighted by atomic mass is 10.1. The lowest BCUT2D eigenvalue weighted by Crippen LogP contribution is -2.27. The third kappa shape index (κ3) is 3.11. The van der Waals surface area contributed by atoms with Crippen LogP contribution in [0.3, 0.4) is 0 Å². The van der Waals surface area contributed by atoms with Crippen LogP contribution in [0.25, 0.3) is 0 Å². The molecule has 0 N–H and O–H groups in total. The van der Waals surface area contributed by atoms with Crippen LogP contribution in [-0.2, 0) is 0 Å². The number of aromatic nitrogens is 1. The normalized spacial score (nSPS) is 15.5. The van der Waals surface area contributed by atoms with Crippen LogP contribution in [-0.4, -0.2) is 17.6 Å². The first-order valence-electron chi connectivity index (χ1n) is 6.05. The van der Waals surface area contributed by atoms with Crippen LogP contribution in [0.4, 0.5) is 5.69 Å². The Bertz CT molecular complexity index is 348. The predicted molar refractivity (Wildman–Crippen MR) is 69.1 cm³/mol. The maximum absolute atomic E-state index is 5.94. The van der Waals surface area contributed by atoms with Crippen LogP contribution in [0, 0.1) is 5.92 Å². The first kappa shape index (κ1) is 11.7. The molecule has 1 aliphatic carbocycles. The van der Waals surface area contributed by atoms with Crippen molar-refractivity contribution in [2.45, 2.75) is 39.2 Å². The van der Waals surface area contributed by atoms with Crippen molar-refractivity contribution < 1.29 is 0 Å². The molecule has 2 nitrogen and oxygen atoms in total. The van der Waals surface area contributed by atoms with Crippen molar-refractivity contribution in [1.82, 2.24) is 4.98 Å². The fourth-order valence-corrected chi connectivity index (χ4v) is 2.05. The summed E-state index contributed by atoms with van der Waals surface area (Å²) in [5.74, 6) is 0.749. The minimum Gasteiger partial charge on any atom is -0.368 e. The third-order valence-electron chi connectivity index (χ3n) is 2.98. The van der Waals surface area contributed by atoms with Gasteiger partial charge in [-0.15, -0.1) is 0 Å². The number of hydrogen-bond donors (Lipinski definition) is 0. The highest BCUT2D eigenvalue weighted by Gasteiger charge is 2.29. The van der Waals surface area contributed by atoms with Gasteiger partial charge >= 0.3 is 0 Å². The topological polar surface area (TPSA) is 16.1 Å². The van der Waals surface area contributed by atoms with Crippen LogP contribution in [0.2, 0.25) is 5.15 Å². The van der Waals surface area contributed by atoms with E-state index < -0.39 is 0 Å². The quantitative estimate of drug-likeness (QED) is 0.727. The fourth-order valence-electron chi connectivity index (χ4n) is 1.88. The number of nitrogens with zero attached hydrogens (tertiary/aromatic N) is 2. The summed E-state index contributed by atoms with van der Waals surface area (Å²) in [6.07, 6.45) is 5.66. The Morgan fingerprint density at radius 3 is 2.81 bits per heavy atom. The summed E-state index contributed by atoms with van der Waals surface area (Å²) in [6, 6.07) is 4.77. The van der Waals surface area contributed by atoms with Gasteiger partial charge < -0.3 is 4.90 Å². The average molecular weight is 239 g/mol. The fraction of sp³-hybridized carbons (Fsp3) is 0.615. The van der Waals surface area contributed by atoms with Crippen molar-refractivity contribution in [1.29, 1.82) is 0 Å². The molecule has 1 aromatic heterocycles. The highest BCUT2D eigenvalue weighted by molar-refractivity contribution is 6.29. The number of halogens is 1. The second-order valence-electron chi connectivity index (χ2n) is 4.94. The molecule has 1 fully saturated rings. The number of pyridine rings is 1. The predicted octanol–water partition coefficient (Wildman–Crippen LogP) is 3.75. The second-order valence-corrected chi connectivity index (χ2v) is 5.33. The molecule has 0 aliphatic heterocycles. The summed E-state index contributed by atoms with van der Waals surface area (Å²) < 4.78 is 0. The Kier molecular flexibility index (Phi) is 3.70. The second kappa shape index (κ2) is 5.05. The van der Waals surface area contributed by atoms with Crippen molar-refractivity contribution in [2.24, 2.45) is 5.92 Å². The van der Waals surface area contributed by atoms with E-state index >= 15 is 0 Å². The highest BCUT2D eigenvalue weighted by Crippen LogP contribution is 2.32. The highest BCUT2D eigenvalue weighted by atomic mass is 35.5. The molecule has 0 atom stereocenters. The lowest BCUT2D eigenvalue weighted by molar-refractivity contribution is 0.570. The molecule has 0 amide bonds. The van der Waals surface area contributed by atoms with E-state index in [-0.39, 0.29) is 0 Å². The van der Waals surface area contributed by atoms with Crippen molar-refractivity contribution in [3.63, 3.8) is 0 Å². The molecule has 16 heavy (non-hydrogen) atoms. The summed E-state index contributed by atoms with van der Waals surface area (Å²) in [7, 11) is 0. The minimum absolute atomic E-state index is 0.590. The van der Waals surface area contributed by atoms with E-state index in [4.69, 9.17) is 11.6 Å². The van der Waals surface area contributed by atoms with Gasteiger partial charge in [0.2, 0.25) is 0 Å². The largest absolute Gasteiger partial charge is 0.368 e. The summed E-state index contributed by atoms with van der Waals surface area (Å²) in [5, 5.41) is 0.590. The van der Waals surface area contributed by atoms with Crippen molar-refractivity contribution in [3.8, 4) is 0 Å². The molecular formula is C13H19ClN2. The minimum atomic E-state index is 0.590. The van der Waals surface area contributed by atoms with Gasteiger partial charge in [-0.3, -0.25) is 0 Å². The zero-order valence-electron chi connectivity index (χ0n) is 9.99. The maximum atomic E-state index is 5.94. The molecule has 1 aromatic rings. The maximum Gasteiger partial charge on any atom is 0.131 e. The van der Waals surface area contributed by atoms with Gasteiger partial charge in [0.05, 0.1) is 0 Å². The van der Waals surface area contributed by atoms with E-state index in [1.54, 1.807) is 6.20 Å². The SMILES string of the molecule is CC(C)CCN(c1ccnc(Cl)c1)C1CC1. The zero-order valence-corrected chi connectivity index (χ0v) is 10.7. The van der Waals surface area contributed by atoms with Crippen molar-refractivity contribution in [3.05, 3.63) is 23.5 Å². The number of rotatable bonds is 5. The first-order chi connectivity index (χ1) is 7.66. The Balaban J connectivity index is 2.06. The van der Waals surface area contributed by atoms with Gasteiger partial charge in [0.1, 0.15) is 5.15 Å². The summed E-state index contributed by atoms with van der Waals surface area (Å²) in [5.41, 5.74) is 1.23. The standard InChI is InChI=1S/C13H19ClN2/c1-10(2)6-8-16(11-3-4-11)12-5-7-15-13(14)9-12/h5,7,9-11H,3-4,6,8H2,1-2H3. The molecule has 0 unspecified atom stereocenters. The lowest BCUT2D eigenvalue weighted by Gasteiger charge is -2.25. The summed E-state index contributed by atoms with van der Waals surface area (Å²) in [6.45, 7) is 5.66. The number of hydrogen-bond acceptors (Lipinski definition) is 2. The molecule has 0 radical (unpaired) electrons. The molecule has 2 rings (SSSR count). The average Bonchev–Trinajstić information content (AvgIpc) is 3.02. The van der Waals surface area contributed by atoms with Crippen LogP contribution >= 0.6 is 11.6 Å². The van der Waals surface area contributed by atoms with Gasteiger partial charge in [0, 0.05) is 24.5 Å². The molecule has 1 heterocycles. The Morgan fingerprint density at radius 2 is 2.25 bits per heavy atom. The van der Waals surface area contributed by atoms with E-state index in [9.17, 15) is 0 Å². The Hall–Kier alpha value is -0.760. The molecule has 1 saturated carbocycles. The smallest absolute Gasteiger partial charge is 0.131 e. The van der Waals surface area contributed by atoms with E-state index in [0.29, 0.717) is 5.15 Å². The zero-order chi connectivity index (χ0) is 11.5. The molecule has 0 spiro atoms. The molecular weight excluding hydrogens is 220 g/mol. The van der Waals surface area contributed by atoms with E-state index in [0.717, 1.165) is 18.5 Å². The van der Waals surface area contributed by atoms with Crippen LogP contribution in [0.15, 0.2) is 18.3 Å². The summed E-state index contributed by atoms with van der Waals surface area (Å²) >= 11 is 5.94. The van der Waals surface area contributed by atoms with Crippen molar-refractivity contribution >= 4 is 17.3 Å². The molecule has 0 bridgehead atoms. The van der Waals surface area contributed by atoms with Crippen LogP contribution in [0.5, 0.6) is 0 Å². The summed E-state index contributed by atoms with van der Waals surface area (Å²) in [4.78, 5) is 6.52. The van der Waals surface area contributed by atoms with Crippen LogP contribution in [0.1, 0.15) is 33.1 Å². The molecule has 1 aliphatic rings. The van der Waals surface area contributed by atoms with Crippen LogP contribution < -0.4 is 4.90 Å². The van der Waals surface area contributed by atoms with Gasteiger partial charge in [-0.05, 0) is 37.3 Å².